The van der Waals surface area contributed by atoms with E-state index in [0.717, 1.165) is 0 Å². The average Bonchev–Trinajstić information content (AvgIpc) is 2.14. The molecule has 0 bridgehead atoms. The van der Waals surface area contributed by atoms with Crippen LogP contribution in [0.2, 0.25) is 0 Å². The number of hydrogen-bond donors (Lipinski definition) is 2. The Labute approximate surface area is 101 Å². The molecule has 0 aliphatic carbocycles. The summed E-state index contributed by atoms with van der Waals surface area (Å²) in [4.78, 5) is 11.5. The molecule has 0 aromatic heterocycles. The van der Waals surface area contributed by atoms with Crippen LogP contribution in [0.4, 0.5) is 16.2 Å². The fourth-order valence-electron chi connectivity index (χ4n) is 1.23. The predicted molar refractivity (Wildman–Crippen MR) is 67.3 cm³/mol. The van der Waals surface area contributed by atoms with E-state index < -0.39 is 11.7 Å². The maximum Gasteiger partial charge on any atom is 0.412 e. The lowest BCUT2D eigenvalue weighted by atomic mass is 10.2. The Kier molecular flexibility index (Phi) is 3.83. The summed E-state index contributed by atoms with van der Waals surface area (Å²) in [6.07, 6.45) is -0.512. The molecule has 0 saturated heterocycles. The first-order valence-corrected chi connectivity index (χ1v) is 5.25. The lowest BCUT2D eigenvalue weighted by Crippen LogP contribution is -2.27. The molecule has 0 radical (unpaired) electrons. The first-order chi connectivity index (χ1) is 7.81. The van der Waals surface area contributed by atoms with Gasteiger partial charge in [-0.15, -0.1) is 0 Å². The highest BCUT2D eigenvalue weighted by Gasteiger charge is 2.16. The molecule has 1 amide bonds. The van der Waals surface area contributed by atoms with Crippen molar-refractivity contribution in [1.29, 1.82) is 0 Å². The van der Waals surface area contributed by atoms with Crippen molar-refractivity contribution in [3.8, 4) is 5.75 Å². The molecule has 94 valence electrons. The average molecular weight is 238 g/mol. The lowest BCUT2D eigenvalue weighted by Gasteiger charge is -2.19. The summed E-state index contributed by atoms with van der Waals surface area (Å²) in [5.74, 6) is 0.569. The smallest absolute Gasteiger partial charge is 0.412 e. The molecule has 5 nitrogen and oxygen atoms in total. The Morgan fingerprint density at radius 1 is 1.35 bits per heavy atom. The summed E-state index contributed by atoms with van der Waals surface area (Å²) < 4.78 is 10.1. The highest BCUT2D eigenvalue weighted by molar-refractivity contribution is 5.86. The van der Waals surface area contributed by atoms with E-state index in [9.17, 15) is 4.79 Å². The number of carbonyl (C=O) groups is 1. The molecule has 0 aliphatic rings. The molecule has 0 unspecified atom stereocenters. The topological polar surface area (TPSA) is 73.6 Å². The Morgan fingerprint density at radius 2 is 2.00 bits per heavy atom. The highest BCUT2D eigenvalue weighted by atomic mass is 16.6. The molecule has 0 fully saturated rings. The zero-order chi connectivity index (χ0) is 13.1. The molecule has 0 heterocycles. The van der Waals surface area contributed by atoms with E-state index in [1.165, 1.54) is 7.11 Å². The van der Waals surface area contributed by atoms with E-state index in [1.54, 1.807) is 39.0 Å². The monoisotopic (exact) mass is 238 g/mol. The van der Waals surface area contributed by atoms with Crippen LogP contribution in [0.5, 0.6) is 5.75 Å². The number of benzene rings is 1. The number of anilines is 2. The van der Waals surface area contributed by atoms with Crippen LogP contribution in [0.25, 0.3) is 0 Å². The molecule has 0 atom stereocenters. The molecular weight excluding hydrogens is 220 g/mol. The fraction of sp³-hybridized carbons (Fsp3) is 0.417. The van der Waals surface area contributed by atoms with Gasteiger partial charge in [0.25, 0.3) is 0 Å². The summed E-state index contributed by atoms with van der Waals surface area (Å²) in [5.41, 5.74) is 6.22. The summed E-state index contributed by atoms with van der Waals surface area (Å²) in [6.45, 7) is 5.40. The van der Waals surface area contributed by atoms with Gasteiger partial charge in [0.1, 0.15) is 11.4 Å². The number of nitrogens with one attached hydrogen (secondary N) is 1. The molecule has 0 aliphatic heterocycles. The van der Waals surface area contributed by atoms with Crippen molar-refractivity contribution in [3.05, 3.63) is 18.2 Å². The third kappa shape index (κ3) is 4.22. The number of rotatable bonds is 2. The van der Waals surface area contributed by atoms with Crippen LogP contribution in [0.3, 0.4) is 0 Å². The third-order valence-electron chi connectivity index (χ3n) is 1.87. The standard InChI is InChI=1S/C12H18N2O3/c1-12(2,3)17-11(15)14-8-5-6-10(16-4)9(13)7-8/h5-7H,13H2,1-4H3,(H,14,15). The first-order valence-electron chi connectivity index (χ1n) is 5.25. The van der Waals surface area contributed by atoms with Gasteiger partial charge in [-0.3, -0.25) is 5.32 Å². The van der Waals surface area contributed by atoms with Gasteiger partial charge in [-0.2, -0.15) is 0 Å². The molecule has 3 N–H and O–H groups in total. The number of hydrogen-bond acceptors (Lipinski definition) is 4. The summed E-state index contributed by atoms with van der Waals surface area (Å²) in [7, 11) is 1.53. The number of methoxy groups -OCH3 is 1. The van der Waals surface area contributed by atoms with Gasteiger partial charge in [0, 0.05) is 5.69 Å². The van der Waals surface area contributed by atoms with Crippen LogP contribution >= 0.6 is 0 Å². The SMILES string of the molecule is COc1ccc(NC(=O)OC(C)(C)C)cc1N. The van der Waals surface area contributed by atoms with Crippen LogP contribution in [0, 0.1) is 0 Å². The molecular formula is C12H18N2O3. The second-order valence-electron chi connectivity index (χ2n) is 4.58. The van der Waals surface area contributed by atoms with E-state index >= 15 is 0 Å². The summed E-state index contributed by atoms with van der Waals surface area (Å²) in [5, 5.41) is 2.59. The minimum Gasteiger partial charge on any atom is -0.495 e. The van der Waals surface area contributed by atoms with Crippen LogP contribution in [-0.2, 0) is 4.74 Å². The van der Waals surface area contributed by atoms with Gasteiger partial charge in [0.05, 0.1) is 12.8 Å². The zero-order valence-electron chi connectivity index (χ0n) is 10.5. The minimum atomic E-state index is -0.526. The minimum absolute atomic E-state index is 0.459. The quantitative estimate of drug-likeness (QED) is 0.777. The number of ether oxygens (including phenoxy) is 2. The predicted octanol–water partition coefficient (Wildman–Crippen LogP) is 2.62. The highest BCUT2D eigenvalue weighted by Crippen LogP contribution is 2.24. The fourth-order valence-corrected chi connectivity index (χ4v) is 1.23. The Bertz CT molecular complexity index is 411. The van der Waals surface area contributed by atoms with Gasteiger partial charge in [-0.05, 0) is 39.0 Å². The van der Waals surface area contributed by atoms with Crippen LogP contribution in [0.15, 0.2) is 18.2 Å². The number of amides is 1. The maximum atomic E-state index is 11.5. The van der Waals surface area contributed by atoms with E-state index in [-0.39, 0.29) is 0 Å². The van der Waals surface area contributed by atoms with Crippen LogP contribution in [-0.4, -0.2) is 18.8 Å². The molecule has 1 rings (SSSR count). The lowest BCUT2D eigenvalue weighted by molar-refractivity contribution is 0.0636. The van der Waals surface area contributed by atoms with Gasteiger partial charge in [0.15, 0.2) is 0 Å². The van der Waals surface area contributed by atoms with Crippen molar-refractivity contribution in [1.82, 2.24) is 0 Å². The van der Waals surface area contributed by atoms with Crippen molar-refractivity contribution >= 4 is 17.5 Å². The van der Waals surface area contributed by atoms with Gasteiger partial charge < -0.3 is 15.2 Å². The summed E-state index contributed by atoms with van der Waals surface area (Å²) >= 11 is 0. The normalized spacial score (nSPS) is 10.8. The van der Waals surface area contributed by atoms with Crippen molar-refractivity contribution < 1.29 is 14.3 Å². The van der Waals surface area contributed by atoms with Gasteiger partial charge in [-0.25, -0.2) is 4.79 Å². The van der Waals surface area contributed by atoms with E-state index in [1.807, 2.05) is 0 Å². The van der Waals surface area contributed by atoms with Gasteiger partial charge in [0.2, 0.25) is 0 Å². The van der Waals surface area contributed by atoms with Crippen molar-refractivity contribution in [2.75, 3.05) is 18.2 Å². The number of nitrogen functional groups attached to an aromatic ring is 1. The Morgan fingerprint density at radius 3 is 2.47 bits per heavy atom. The summed E-state index contributed by atoms with van der Waals surface area (Å²) in [6, 6.07) is 4.99. The van der Waals surface area contributed by atoms with Gasteiger partial charge in [-0.1, -0.05) is 0 Å². The van der Waals surface area contributed by atoms with Crippen molar-refractivity contribution in [3.63, 3.8) is 0 Å². The largest absolute Gasteiger partial charge is 0.495 e. The number of carbonyl (C=O) groups excluding carboxylic acids is 1. The van der Waals surface area contributed by atoms with E-state index in [0.29, 0.717) is 17.1 Å². The Hall–Kier alpha value is -1.91. The molecule has 0 spiro atoms. The molecule has 0 saturated carbocycles. The second-order valence-corrected chi connectivity index (χ2v) is 4.58. The second kappa shape index (κ2) is 4.95. The Balaban J connectivity index is 2.69. The molecule has 17 heavy (non-hydrogen) atoms. The third-order valence-corrected chi connectivity index (χ3v) is 1.87. The van der Waals surface area contributed by atoms with Crippen LogP contribution in [0.1, 0.15) is 20.8 Å². The molecule has 5 heteroatoms. The zero-order valence-corrected chi connectivity index (χ0v) is 10.5. The van der Waals surface area contributed by atoms with Gasteiger partial charge >= 0.3 is 6.09 Å². The molecule has 1 aromatic rings. The van der Waals surface area contributed by atoms with Crippen LogP contribution < -0.4 is 15.8 Å². The molecule has 1 aromatic carbocycles. The van der Waals surface area contributed by atoms with E-state index in [4.69, 9.17) is 15.2 Å². The van der Waals surface area contributed by atoms with E-state index in [2.05, 4.69) is 5.32 Å². The van der Waals surface area contributed by atoms with Crippen molar-refractivity contribution in [2.45, 2.75) is 26.4 Å². The van der Waals surface area contributed by atoms with Crippen molar-refractivity contribution in [2.24, 2.45) is 0 Å². The number of nitrogens with two attached hydrogens (primary N) is 1. The maximum absolute atomic E-state index is 11.5. The first kappa shape index (κ1) is 13.2.